The molecule has 12 nitrogen and oxygen atoms in total. The standard InChI is InChI=1S/C27H31N7O5/c1-19-3-6-21(7-4-19)24(35)39-22-8-5-20(17-23(22)36-2)18-28-32-25-29-26(33-9-13-37-14-10-33)31-27(30-25)34-11-15-38-16-12-34/h3-8,17-18H,9-16H2,1-2H3,(H,29,30,31,32)/b28-18+. The first kappa shape index (κ1) is 26.3. The Labute approximate surface area is 226 Å². The Balaban J connectivity index is 1.30. The minimum absolute atomic E-state index is 0.316. The summed E-state index contributed by atoms with van der Waals surface area (Å²) in [4.78, 5) is 30.5. The molecule has 2 aliphatic rings. The summed E-state index contributed by atoms with van der Waals surface area (Å²) in [7, 11) is 1.52. The van der Waals surface area contributed by atoms with Crippen LogP contribution in [0.15, 0.2) is 47.6 Å². The summed E-state index contributed by atoms with van der Waals surface area (Å²) in [6.07, 6.45) is 1.61. The molecular weight excluding hydrogens is 502 g/mol. The number of aryl methyl sites for hydroxylation is 1. The van der Waals surface area contributed by atoms with E-state index in [0.717, 1.165) is 11.1 Å². The SMILES string of the molecule is COc1cc(/C=N/Nc2nc(N3CCOCC3)nc(N3CCOCC3)n2)ccc1OC(=O)c1ccc(C)cc1. The molecule has 2 aromatic carbocycles. The van der Waals surface area contributed by atoms with Crippen LogP contribution in [0.25, 0.3) is 0 Å². The fourth-order valence-electron chi connectivity index (χ4n) is 4.08. The second-order valence-corrected chi connectivity index (χ2v) is 8.99. The minimum Gasteiger partial charge on any atom is -0.493 e. The van der Waals surface area contributed by atoms with Gasteiger partial charge in [-0.1, -0.05) is 17.7 Å². The number of methoxy groups -OCH3 is 1. The Morgan fingerprint density at radius 2 is 1.51 bits per heavy atom. The number of aromatic nitrogens is 3. The summed E-state index contributed by atoms with van der Waals surface area (Å²) in [6, 6.07) is 12.4. The van der Waals surface area contributed by atoms with E-state index >= 15 is 0 Å². The van der Waals surface area contributed by atoms with Crippen LogP contribution < -0.4 is 24.7 Å². The third-order valence-electron chi connectivity index (χ3n) is 6.26. The lowest BCUT2D eigenvalue weighted by Crippen LogP contribution is -2.40. The number of hydrogen-bond donors (Lipinski definition) is 1. The molecule has 39 heavy (non-hydrogen) atoms. The van der Waals surface area contributed by atoms with Gasteiger partial charge in [-0.2, -0.15) is 20.1 Å². The van der Waals surface area contributed by atoms with Gasteiger partial charge >= 0.3 is 5.97 Å². The van der Waals surface area contributed by atoms with Crippen molar-refractivity contribution in [3.8, 4) is 11.5 Å². The molecule has 0 unspecified atom stereocenters. The molecular formula is C27H31N7O5. The Bertz CT molecular complexity index is 1270. The van der Waals surface area contributed by atoms with Crippen molar-refractivity contribution in [3.63, 3.8) is 0 Å². The molecule has 0 spiro atoms. The molecule has 0 bridgehead atoms. The van der Waals surface area contributed by atoms with Gasteiger partial charge in [-0.05, 0) is 42.8 Å². The first-order valence-corrected chi connectivity index (χ1v) is 12.8. The lowest BCUT2D eigenvalue weighted by atomic mass is 10.1. The van der Waals surface area contributed by atoms with Gasteiger partial charge in [0.05, 0.1) is 45.3 Å². The average molecular weight is 534 g/mol. The molecule has 0 radical (unpaired) electrons. The van der Waals surface area contributed by atoms with Gasteiger partial charge in [0.25, 0.3) is 0 Å². The van der Waals surface area contributed by atoms with Crippen molar-refractivity contribution in [2.75, 3.05) is 74.9 Å². The van der Waals surface area contributed by atoms with Crippen LogP contribution in [0.5, 0.6) is 11.5 Å². The molecule has 1 N–H and O–H groups in total. The van der Waals surface area contributed by atoms with Crippen molar-refractivity contribution in [3.05, 3.63) is 59.2 Å². The smallest absolute Gasteiger partial charge is 0.343 e. The molecule has 2 saturated heterocycles. The fourth-order valence-corrected chi connectivity index (χ4v) is 4.08. The highest BCUT2D eigenvalue weighted by Crippen LogP contribution is 2.28. The van der Waals surface area contributed by atoms with Gasteiger partial charge in [-0.25, -0.2) is 10.2 Å². The van der Waals surface area contributed by atoms with Crippen molar-refractivity contribution in [1.82, 2.24) is 15.0 Å². The zero-order valence-electron chi connectivity index (χ0n) is 22.0. The van der Waals surface area contributed by atoms with Crippen LogP contribution in [0, 0.1) is 6.92 Å². The predicted octanol–water partition coefficient (Wildman–Crippen LogP) is 2.53. The Hall–Kier alpha value is -4.29. The Kier molecular flexibility index (Phi) is 8.44. The van der Waals surface area contributed by atoms with Gasteiger partial charge in [0.2, 0.25) is 17.8 Å². The number of nitrogens with one attached hydrogen (secondary N) is 1. The summed E-state index contributed by atoms with van der Waals surface area (Å²) >= 11 is 0. The fraction of sp³-hybridized carbons (Fsp3) is 0.370. The van der Waals surface area contributed by atoms with E-state index in [1.807, 2.05) is 19.1 Å². The topological polar surface area (TPSA) is 124 Å². The minimum atomic E-state index is -0.460. The van der Waals surface area contributed by atoms with E-state index in [2.05, 4.69) is 30.3 Å². The lowest BCUT2D eigenvalue weighted by Gasteiger charge is -2.30. The quantitative estimate of drug-likeness (QED) is 0.199. The van der Waals surface area contributed by atoms with E-state index in [1.165, 1.54) is 7.11 Å². The number of ether oxygens (including phenoxy) is 4. The number of rotatable bonds is 8. The highest BCUT2D eigenvalue weighted by atomic mass is 16.6. The molecule has 0 aliphatic carbocycles. The maximum absolute atomic E-state index is 12.5. The molecule has 1 aromatic heterocycles. The van der Waals surface area contributed by atoms with Gasteiger partial charge in [0.15, 0.2) is 11.5 Å². The third kappa shape index (κ3) is 6.78. The molecule has 3 heterocycles. The van der Waals surface area contributed by atoms with E-state index < -0.39 is 5.97 Å². The third-order valence-corrected chi connectivity index (χ3v) is 6.26. The normalized spacial score (nSPS) is 15.8. The predicted molar refractivity (Wildman–Crippen MR) is 146 cm³/mol. The lowest BCUT2D eigenvalue weighted by molar-refractivity contribution is 0.0729. The van der Waals surface area contributed by atoms with Crippen molar-refractivity contribution in [2.45, 2.75) is 6.92 Å². The molecule has 12 heteroatoms. The van der Waals surface area contributed by atoms with Crippen molar-refractivity contribution >= 4 is 30.0 Å². The van der Waals surface area contributed by atoms with Gasteiger partial charge in [0.1, 0.15) is 0 Å². The van der Waals surface area contributed by atoms with Crippen LogP contribution >= 0.6 is 0 Å². The first-order chi connectivity index (χ1) is 19.1. The van der Waals surface area contributed by atoms with E-state index in [-0.39, 0.29) is 0 Å². The highest BCUT2D eigenvalue weighted by molar-refractivity contribution is 5.91. The van der Waals surface area contributed by atoms with Crippen molar-refractivity contribution in [2.24, 2.45) is 5.10 Å². The number of benzene rings is 2. The molecule has 0 amide bonds. The summed E-state index contributed by atoms with van der Waals surface area (Å²) in [5.41, 5.74) is 5.18. The van der Waals surface area contributed by atoms with Crippen LogP contribution in [0.3, 0.4) is 0 Å². The van der Waals surface area contributed by atoms with Crippen molar-refractivity contribution < 1.29 is 23.7 Å². The molecule has 0 atom stereocenters. The highest BCUT2D eigenvalue weighted by Gasteiger charge is 2.20. The van der Waals surface area contributed by atoms with E-state index in [1.54, 1.807) is 36.5 Å². The summed E-state index contributed by atoms with van der Waals surface area (Å²) in [6.45, 7) is 7.27. The number of hydrogen-bond acceptors (Lipinski definition) is 12. The second-order valence-electron chi connectivity index (χ2n) is 8.99. The van der Waals surface area contributed by atoms with Gasteiger partial charge in [0, 0.05) is 26.2 Å². The van der Waals surface area contributed by atoms with Crippen LogP contribution in [0.1, 0.15) is 21.5 Å². The summed E-state index contributed by atoms with van der Waals surface area (Å²) < 4.78 is 21.9. The maximum atomic E-state index is 12.5. The zero-order valence-corrected chi connectivity index (χ0v) is 22.0. The number of hydrazone groups is 1. The van der Waals surface area contributed by atoms with Gasteiger partial charge < -0.3 is 28.7 Å². The average Bonchev–Trinajstić information content (AvgIpc) is 2.99. The molecule has 2 aliphatic heterocycles. The molecule has 0 saturated carbocycles. The van der Waals surface area contributed by atoms with Gasteiger partial charge in [-0.15, -0.1) is 0 Å². The monoisotopic (exact) mass is 533 g/mol. The number of morpholine rings is 2. The van der Waals surface area contributed by atoms with Crippen LogP contribution in [-0.4, -0.2) is 86.9 Å². The number of nitrogens with zero attached hydrogens (tertiary/aromatic N) is 6. The van der Waals surface area contributed by atoms with Crippen LogP contribution in [0.4, 0.5) is 17.8 Å². The largest absolute Gasteiger partial charge is 0.493 e. The van der Waals surface area contributed by atoms with Crippen LogP contribution in [0.2, 0.25) is 0 Å². The van der Waals surface area contributed by atoms with E-state index in [9.17, 15) is 4.79 Å². The number of esters is 1. The van der Waals surface area contributed by atoms with Gasteiger partial charge in [-0.3, -0.25) is 0 Å². The van der Waals surface area contributed by atoms with E-state index in [0.29, 0.717) is 87.5 Å². The summed E-state index contributed by atoms with van der Waals surface area (Å²) in [5.74, 6) is 1.75. The van der Waals surface area contributed by atoms with Crippen molar-refractivity contribution in [1.29, 1.82) is 0 Å². The van der Waals surface area contributed by atoms with Crippen LogP contribution in [-0.2, 0) is 9.47 Å². The molecule has 204 valence electrons. The zero-order chi connectivity index (χ0) is 27.0. The molecule has 2 fully saturated rings. The number of carbonyl (C=O) groups excluding carboxylic acids is 1. The Morgan fingerprint density at radius 3 is 2.10 bits per heavy atom. The number of anilines is 3. The Morgan fingerprint density at radius 1 is 0.897 bits per heavy atom. The number of carbonyl (C=O) groups is 1. The second kappa shape index (κ2) is 12.5. The molecule has 3 aromatic rings. The summed E-state index contributed by atoms with van der Waals surface area (Å²) in [5, 5.41) is 4.33. The maximum Gasteiger partial charge on any atom is 0.343 e. The first-order valence-electron chi connectivity index (χ1n) is 12.8. The molecule has 5 rings (SSSR count). The van der Waals surface area contributed by atoms with E-state index in [4.69, 9.17) is 23.9 Å².